The molecule has 0 aromatic carbocycles. The highest BCUT2D eigenvalue weighted by Crippen LogP contribution is 1.96. The van der Waals surface area contributed by atoms with Crippen LogP contribution in [0.2, 0.25) is 0 Å². The van der Waals surface area contributed by atoms with E-state index in [9.17, 15) is 0 Å². The van der Waals surface area contributed by atoms with Crippen molar-refractivity contribution in [2.24, 2.45) is 22.2 Å². The number of hydrogen-bond donors (Lipinski definition) is 5. The highest BCUT2D eigenvalue weighted by molar-refractivity contribution is 5.75. The van der Waals surface area contributed by atoms with Crippen LogP contribution in [-0.4, -0.2) is 49.0 Å². The minimum Gasteiger partial charge on any atom is -0.370 e. The summed E-state index contributed by atoms with van der Waals surface area (Å²) < 4.78 is 0. The third-order valence-electron chi connectivity index (χ3n) is 2.13. The van der Waals surface area contributed by atoms with Crippen LogP contribution in [0.15, 0.2) is 4.99 Å². The molecule has 7 heteroatoms. The van der Waals surface area contributed by atoms with Crippen molar-refractivity contribution in [1.29, 1.82) is 5.41 Å². The van der Waals surface area contributed by atoms with Crippen LogP contribution in [0.4, 0.5) is 0 Å². The van der Waals surface area contributed by atoms with Crippen LogP contribution in [0.3, 0.4) is 0 Å². The predicted molar refractivity (Wildman–Crippen MR) is 83.3 cm³/mol. The van der Waals surface area contributed by atoms with Crippen LogP contribution in [0.1, 0.15) is 34.1 Å². The van der Waals surface area contributed by atoms with Crippen molar-refractivity contribution in [3.63, 3.8) is 0 Å². The maximum absolute atomic E-state index is 7.03. The predicted octanol–water partition coefficient (Wildman–Crippen LogP) is -0.130. The molecule has 0 aliphatic carbocycles. The molecule has 0 aromatic heterocycles. The molecule has 0 rings (SSSR count). The second-order valence-corrected chi connectivity index (χ2v) is 4.48. The van der Waals surface area contributed by atoms with Crippen molar-refractivity contribution >= 4 is 11.9 Å². The average Bonchev–Trinajstić information content (AvgIpc) is 2.26. The molecule has 0 amide bonds. The van der Waals surface area contributed by atoms with Gasteiger partial charge in [-0.3, -0.25) is 15.3 Å². The van der Waals surface area contributed by atoms with Crippen LogP contribution >= 0.6 is 0 Å². The molecule has 0 saturated carbocycles. The lowest BCUT2D eigenvalue weighted by atomic mass is 10.3. The molecule has 0 atom stereocenters. The van der Waals surface area contributed by atoms with E-state index in [4.69, 9.17) is 22.6 Å². The molecule has 8 N–H and O–H groups in total. The third-order valence-corrected chi connectivity index (χ3v) is 2.13. The standard InChI is InChI=1S/C9H23N7.C3H8/c1-7(2)16(5-3-14-8(10)11)6-4-15-9(12)13;1-3-2/h7H,3-6H2,1-2H3,(H4,10,11,14)(H4,12,13,15);3H2,1-2H3. The summed E-state index contributed by atoms with van der Waals surface area (Å²) in [5.74, 6) is 0.110. The zero-order chi connectivity index (χ0) is 15.3. The number of nitrogens with one attached hydrogen (secondary N) is 2. The summed E-state index contributed by atoms with van der Waals surface area (Å²) in [6.07, 6.45) is 1.25. The molecular formula is C12H31N7. The zero-order valence-corrected chi connectivity index (χ0v) is 12.7. The van der Waals surface area contributed by atoms with Gasteiger partial charge < -0.3 is 22.5 Å². The maximum atomic E-state index is 7.03. The Hall–Kier alpha value is -1.50. The summed E-state index contributed by atoms with van der Waals surface area (Å²) >= 11 is 0. The smallest absolute Gasteiger partial charge is 0.185 e. The molecule has 7 nitrogen and oxygen atoms in total. The zero-order valence-electron chi connectivity index (χ0n) is 12.7. The van der Waals surface area contributed by atoms with Gasteiger partial charge >= 0.3 is 0 Å². The van der Waals surface area contributed by atoms with E-state index in [1.807, 2.05) is 0 Å². The first-order chi connectivity index (χ1) is 8.84. The molecule has 0 bridgehead atoms. The van der Waals surface area contributed by atoms with Gasteiger partial charge in [0, 0.05) is 25.7 Å². The normalized spacial score (nSPS) is 9.79. The largest absolute Gasteiger partial charge is 0.370 e. The molecular weight excluding hydrogens is 242 g/mol. The Morgan fingerprint density at radius 3 is 2.11 bits per heavy atom. The first kappa shape index (κ1) is 19.8. The van der Waals surface area contributed by atoms with Crippen molar-refractivity contribution in [1.82, 2.24) is 10.2 Å². The number of guanidine groups is 2. The van der Waals surface area contributed by atoms with E-state index < -0.39 is 0 Å². The van der Waals surface area contributed by atoms with Crippen molar-refractivity contribution in [3.8, 4) is 0 Å². The fourth-order valence-corrected chi connectivity index (χ4v) is 1.27. The van der Waals surface area contributed by atoms with Crippen molar-refractivity contribution < 1.29 is 0 Å². The molecule has 0 saturated heterocycles. The number of nitrogens with two attached hydrogens (primary N) is 3. The van der Waals surface area contributed by atoms with E-state index in [1.54, 1.807) is 0 Å². The van der Waals surface area contributed by atoms with Crippen LogP contribution in [0.25, 0.3) is 0 Å². The fourth-order valence-electron chi connectivity index (χ4n) is 1.27. The lowest BCUT2D eigenvalue weighted by Crippen LogP contribution is -2.41. The molecule has 19 heavy (non-hydrogen) atoms. The summed E-state index contributed by atoms with van der Waals surface area (Å²) in [6.45, 7) is 11.3. The molecule has 0 aliphatic rings. The molecule has 0 spiro atoms. The van der Waals surface area contributed by atoms with Gasteiger partial charge in [-0.2, -0.15) is 0 Å². The Morgan fingerprint density at radius 2 is 1.74 bits per heavy atom. The summed E-state index contributed by atoms with van der Waals surface area (Å²) in [6, 6.07) is 0.406. The van der Waals surface area contributed by atoms with Gasteiger partial charge in [-0.1, -0.05) is 20.3 Å². The summed E-state index contributed by atoms with van der Waals surface area (Å²) in [7, 11) is 0. The Labute approximate surface area is 117 Å². The lowest BCUT2D eigenvalue weighted by Gasteiger charge is -2.25. The van der Waals surface area contributed by atoms with Crippen LogP contribution in [0, 0.1) is 5.41 Å². The Morgan fingerprint density at radius 1 is 1.21 bits per heavy atom. The molecule has 0 fully saturated rings. The van der Waals surface area contributed by atoms with Gasteiger partial charge in [0.25, 0.3) is 0 Å². The van der Waals surface area contributed by atoms with Gasteiger partial charge in [-0.25, -0.2) is 0 Å². The minimum absolute atomic E-state index is 0.00655. The Kier molecular flexibility index (Phi) is 13.5. The quantitative estimate of drug-likeness (QED) is 0.326. The lowest BCUT2D eigenvalue weighted by molar-refractivity contribution is 0.232. The fraction of sp³-hybridized carbons (Fsp3) is 0.833. The minimum atomic E-state index is -0.00655. The molecule has 0 aliphatic heterocycles. The van der Waals surface area contributed by atoms with Gasteiger partial charge in [0.05, 0.1) is 6.54 Å². The Balaban J connectivity index is 0. The van der Waals surface area contributed by atoms with Gasteiger partial charge in [0.2, 0.25) is 0 Å². The molecule has 0 unspecified atom stereocenters. The monoisotopic (exact) mass is 273 g/mol. The van der Waals surface area contributed by atoms with Crippen molar-refractivity contribution in [2.75, 3.05) is 26.2 Å². The van der Waals surface area contributed by atoms with E-state index in [2.05, 4.69) is 42.9 Å². The van der Waals surface area contributed by atoms with Crippen molar-refractivity contribution in [3.05, 3.63) is 0 Å². The number of nitrogens with zero attached hydrogens (tertiary/aromatic N) is 2. The van der Waals surface area contributed by atoms with Crippen LogP contribution in [0.5, 0.6) is 0 Å². The second kappa shape index (κ2) is 12.9. The number of rotatable bonds is 7. The van der Waals surface area contributed by atoms with E-state index in [-0.39, 0.29) is 11.9 Å². The van der Waals surface area contributed by atoms with Gasteiger partial charge in [0.1, 0.15) is 0 Å². The first-order valence-corrected chi connectivity index (χ1v) is 6.72. The molecule has 114 valence electrons. The Bertz CT molecular complexity index is 246. The number of aliphatic imine (C=N–C) groups is 1. The number of hydrogen-bond acceptors (Lipinski definition) is 3. The summed E-state index contributed by atoms with van der Waals surface area (Å²) in [4.78, 5) is 6.14. The third kappa shape index (κ3) is 16.5. The summed E-state index contributed by atoms with van der Waals surface area (Å²) in [5, 5.41) is 9.80. The van der Waals surface area contributed by atoms with E-state index in [0.717, 1.165) is 13.1 Å². The summed E-state index contributed by atoms with van der Waals surface area (Å²) in [5.41, 5.74) is 15.7. The highest BCUT2D eigenvalue weighted by atomic mass is 15.2. The average molecular weight is 273 g/mol. The molecule has 0 radical (unpaired) electrons. The second-order valence-electron chi connectivity index (χ2n) is 4.48. The molecule has 0 heterocycles. The van der Waals surface area contributed by atoms with Crippen LogP contribution in [-0.2, 0) is 0 Å². The molecule has 0 aromatic rings. The van der Waals surface area contributed by atoms with Gasteiger partial charge in [-0.15, -0.1) is 0 Å². The van der Waals surface area contributed by atoms with Crippen LogP contribution < -0.4 is 22.5 Å². The van der Waals surface area contributed by atoms with Gasteiger partial charge in [0.15, 0.2) is 11.9 Å². The topological polar surface area (TPSA) is 130 Å². The SMILES string of the molecule is CC(C)N(CCN=C(N)N)CCNC(=N)N.CCC. The van der Waals surface area contributed by atoms with Crippen molar-refractivity contribution in [2.45, 2.75) is 40.2 Å². The maximum Gasteiger partial charge on any atom is 0.185 e. The highest BCUT2D eigenvalue weighted by Gasteiger charge is 2.08. The van der Waals surface area contributed by atoms with Gasteiger partial charge in [-0.05, 0) is 13.8 Å². The van der Waals surface area contributed by atoms with E-state index in [0.29, 0.717) is 19.1 Å². The van der Waals surface area contributed by atoms with E-state index >= 15 is 0 Å². The van der Waals surface area contributed by atoms with E-state index in [1.165, 1.54) is 6.42 Å². The first-order valence-electron chi connectivity index (χ1n) is 6.72.